The van der Waals surface area contributed by atoms with Crippen molar-refractivity contribution in [3.8, 4) is 5.75 Å². The minimum Gasteiger partial charge on any atom is -0.483 e. The number of benzene rings is 2. The Hall–Kier alpha value is -2.39. The van der Waals surface area contributed by atoms with Crippen molar-refractivity contribution in [2.24, 2.45) is 0 Å². The summed E-state index contributed by atoms with van der Waals surface area (Å²) in [7, 11) is 0. The Morgan fingerprint density at radius 1 is 1.19 bits per heavy atom. The summed E-state index contributed by atoms with van der Waals surface area (Å²) >= 11 is 4.74. The fourth-order valence-electron chi connectivity index (χ4n) is 3.00. The molecule has 1 amide bonds. The smallest absolute Gasteiger partial charge is 0.234 e. The summed E-state index contributed by atoms with van der Waals surface area (Å²) in [6.45, 7) is 7.85. The lowest BCUT2D eigenvalue weighted by Gasteiger charge is -2.19. The Morgan fingerprint density at radius 3 is 2.55 bits per heavy atom. The molecule has 0 saturated heterocycles. The molecule has 0 aliphatic carbocycles. The molecule has 3 rings (SSSR count). The van der Waals surface area contributed by atoms with E-state index in [4.69, 9.17) is 4.74 Å². The number of aromatic nitrogens is 3. The SMILES string of the molecule is Cc1cc(Br)ccc1NC(=O)CSc1nnc(C(C)Oc2ccc(F)cc2)n1C(C)C. The average Bonchev–Trinajstić information content (AvgIpc) is 3.15. The Kier molecular flexibility index (Phi) is 7.72. The first-order chi connectivity index (χ1) is 14.7. The normalized spacial score (nSPS) is 12.1. The Morgan fingerprint density at radius 2 is 1.90 bits per heavy atom. The standard InChI is InChI=1S/C22H24BrFN4O2S/c1-13(2)28-21(15(4)30-18-8-6-17(24)7-9-18)26-27-22(28)31-12-20(29)25-19-10-5-16(23)11-14(19)3/h5-11,13,15H,12H2,1-4H3,(H,25,29). The minimum absolute atomic E-state index is 0.0727. The molecule has 0 saturated carbocycles. The molecule has 2 aromatic carbocycles. The molecule has 0 aliphatic rings. The third kappa shape index (κ3) is 6.07. The van der Waals surface area contributed by atoms with Gasteiger partial charge in [0.1, 0.15) is 11.6 Å². The largest absolute Gasteiger partial charge is 0.483 e. The third-order valence-electron chi connectivity index (χ3n) is 4.49. The van der Waals surface area contributed by atoms with Crippen molar-refractivity contribution < 1.29 is 13.9 Å². The fourth-order valence-corrected chi connectivity index (χ4v) is 4.35. The molecular formula is C22H24BrFN4O2S. The summed E-state index contributed by atoms with van der Waals surface area (Å²) in [6, 6.07) is 11.6. The molecule has 164 valence electrons. The highest BCUT2D eigenvalue weighted by atomic mass is 79.9. The molecule has 0 bridgehead atoms. The predicted octanol–water partition coefficient (Wildman–Crippen LogP) is 5.94. The van der Waals surface area contributed by atoms with Gasteiger partial charge in [-0.25, -0.2) is 4.39 Å². The minimum atomic E-state index is -0.394. The quantitative estimate of drug-likeness (QED) is 0.382. The first-order valence-electron chi connectivity index (χ1n) is 9.80. The number of carbonyl (C=O) groups excluding carboxylic acids is 1. The number of ether oxygens (including phenoxy) is 1. The number of halogens is 2. The van der Waals surface area contributed by atoms with Crippen LogP contribution < -0.4 is 10.1 Å². The third-order valence-corrected chi connectivity index (χ3v) is 5.93. The molecule has 6 nitrogen and oxygen atoms in total. The molecule has 0 spiro atoms. The molecule has 31 heavy (non-hydrogen) atoms. The van der Waals surface area contributed by atoms with E-state index in [0.717, 1.165) is 15.7 Å². The van der Waals surface area contributed by atoms with Gasteiger partial charge in [-0.15, -0.1) is 10.2 Å². The van der Waals surface area contributed by atoms with Crippen LogP contribution in [-0.2, 0) is 4.79 Å². The summed E-state index contributed by atoms with van der Waals surface area (Å²) in [5, 5.41) is 12.1. The maximum atomic E-state index is 13.1. The Labute approximate surface area is 193 Å². The van der Waals surface area contributed by atoms with Crippen LogP contribution in [0.1, 0.15) is 44.3 Å². The van der Waals surface area contributed by atoms with Gasteiger partial charge in [0.15, 0.2) is 17.1 Å². The second-order valence-electron chi connectivity index (χ2n) is 7.31. The average molecular weight is 507 g/mol. The fraction of sp³-hybridized carbons (Fsp3) is 0.318. The van der Waals surface area contributed by atoms with Crippen molar-refractivity contribution in [3.05, 3.63) is 64.1 Å². The van der Waals surface area contributed by atoms with Crippen LogP contribution in [0.25, 0.3) is 0 Å². The number of aryl methyl sites for hydroxylation is 1. The molecule has 3 aromatic rings. The van der Waals surface area contributed by atoms with Crippen molar-refractivity contribution in [1.29, 1.82) is 0 Å². The number of rotatable bonds is 8. The molecule has 1 unspecified atom stereocenters. The van der Waals surface area contributed by atoms with E-state index in [0.29, 0.717) is 16.7 Å². The van der Waals surface area contributed by atoms with E-state index >= 15 is 0 Å². The van der Waals surface area contributed by atoms with Gasteiger partial charge in [0.25, 0.3) is 0 Å². The van der Waals surface area contributed by atoms with Gasteiger partial charge < -0.3 is 14.6 Å². The van der Waals surface area contributed by atoms with E-state index < -0.39 is 6.10 Å². The molecular weight excluding hydrogens is 483 g/mol. The summed E-state index contributed by atoms with van der Waals surface area (Å²) in [5.74, 6) is 0.955. The second kappa shape index (κ2) is 10.3. The van der Waals surface area contributed by atoms with Crippen LogP contribution in [-0.4, -0.2) is 26.4 Å². The van der Waals surface area contributed by atoms with Gasteiger partial charge in [-0.3, -0.25) is 4.79 Å². The number of hydrogen-bond donors (Lipinski definition) is 1. The number of nitrogens with one attached hydrogen (secondary N) is 1. The molecule has 0 fully saturated rings. The number of thioether (sulfide) groups is 1. The van der Waals surface area contributed by atoms with Crippen molar-refractivity contribution in [2.75, 3.05) is 11.1 Å². The summed E-state index contributed by atoms with van der Waals surface area (Å²) in [5.41, 5.74) is 1.76. The number of hydrogen-bond acceptors (Lipinski definition) is 5. The topological polar surface area (TPSA) is 69.0 Å². The van der Waals surface area contributed by atoms with E-state index in [9.17, 15) is 9.18 Å². The van der Waals surface area contributed by atoms with Gasteiger partial charge in [0.2, 0.25) is 5.91 Å². The van der Waals surface area contributed by atoms with Gasteiger partial charge >= 0.3 is 0 Å². The number of nitrogens with zero attached hydrogens (tertiary/aromatic N) is 3. The van der Waals surface area contributed by atoms with Gasteiger partial charge in [0.05, 0.1) is 5.75 Å². The lowest BCUT2D eigenvalue weighted by molar-refractivity contribution is -0.113. The van der Waals surface area contributed by atoms with Gasteiger partial charge in [-0.1, -0.05) is 27.7 Å². The summed E-state index contributed by atoms with van der Waals surface area (Å²) in [6.07, 6.45) is -0.394. The van der Waals surface area contributed by atoms with Gasteiger partial charge in [-0.05, 0) is 75.7 Å². The molecule has 0 aliphatic heterocycles. The van der Waals surface area contributed by atoms with Crippen LogP contribution in [0.2, 0.25) is 0 Å². The maximum absolute atomic E-state index is 13.1. The van der Waals surface area contributed by atoms with E-state index in [1.165, 1.54) is 23.9 Å². The molecule has 1 atom stereocenters. The van der Waals surface area contributed by atoms with Crippen LogP contribution in [0.5, 0.6) is 5.75 Å². The molecule has 9 heteroatoms. The lowest BCUT2D eigenvalue weighted by Crippen LogP contribution is -2.17. The molecule has 1 aromatic heterocycles. The van der Waals surface area contributed by atoms with Crippen molar-refractivity contribution in [3.63, 3.8) is 0 Å². The molecule has 1 heterocycles. The molecule has 1 N–H and O–H groups in total. The summed E-state index contributed by atoms with van der Waals surface area (Å²) < 4.78 is 22.0. The van der Waals surface area contributed by atoms with Crippen LogP contribution >= 0.6 is 27.7 Å². The van der Waals surface area contributed by atoms with Crippen molar-refractivity contribution in [2.45, 2.75) is 45.0 Å². The number of anilines is 1. The molecule has 0 radical (unpaired) electrons. The van der Waals surface area contributed by atoms with E-state index in [2.05, 4.69) is 31.4 Å². The highest BCUT2D eigenvalue weighted by molar-refractivity contribution is 9.10. The number of carbonyl (C=O) groups is 1. The van der Waals surface area contributed by atoms with Crippen molar-refractivity contribution >= 4 is 39.3 Å². The lowest BCUT2D eigenvalue weighted by atomic mass is 10.2. The van der Waals surface area contributed by atoms with Crippen LogP contribution in [0, 0.1) is 12.7 Å². The first-order valence-corrected chi connectivity index (χ1v) is 11.6. The van der Waals surface area contributed by atoms with Gasteiger partial charge in [-0.2, -0.15) is 0 Å². The van der Waals surface area contributed by atoms with E-state index in [-0.39, 0.29) is 23.5 Å². The monoisotopic (exact) mass is 506 g/mol. The van der Waals surface area contributed by atoms with Gasteiger partial charge in [0, 0.05) is 16.2 Å². The zero-order valence-electron chi connectivity index (χ0n) is 17.7. The van der Waals surface area contributed by atoms with Crippen LogP contribution in [0.15, 0.2) is 52.1 Å². The predicted molar refractivity (Wildman–Crippen MR) is 124 cm³/mol. The van der Waals surface area contributed by atoms with Crippen LogP contribution in [0.4, 0.5) is 10.1 Å². The van der Waals surface area contributed by atoms with E-state index in [1.807, 2.05) is 50.5 Å². The van der Waals surface area contributed by atoms with Crippen molar-refractivity contribution in [1.82, 2.24) is 14.8 Å². The van der Waals surface area contributed by atoms with E-state index in [1.54, 1.807) is 12.1 Å². The second-order valence-corrected chi connectivity index (χ2v) is 9.17. The zero-order valence-corrected chi connectivity index (χ0v) is 20.1. The first kappa shape index (κ1) is 23.3. The Bertz CT molecular complexity index is 1060. The highest BCUT2D eigenvalue weighted by Crippen LogP contribution is 2.28. The summed E-state index contributed by atoms with van der Waals surface area (Å²) in [4.78, 5) is 12.5. The Balaban J connectivity index is 1.68. The maximum Gasteiger partial charge on any atom is 0.234 e. The zero-order chi connectivity index (χ0) is 22.5. The highest BCUT2D eigenvalue weighted by Gasteiger charge is 2.22. The van der Waals surface area contributed by atoms with Crippen LogP contribution in [0.3, 0.4) is 0 Å². The number of amides is 1.